The van der Waals surface area contributed by atoms with E-state index in [2.05, 4.69) is 36.7 Å². The minimum atomic E-state index is 0.727. The Labute approximate surface area is 112 Å². The van der Waals surface area contributed by atoms with Crippen LogP contribution in [0.1, 0.15) is 39.5 Å². The average molecular weight is 248 g/mol. The Morgan fingerprint density at radius 2 is 1.72 bits per heavy atom. The van der Waals surface area contributed by atoms with E-state index >= 15 is 0 Å². The quantitative estimate of drug-likeness (QED) is 0.772. The molecule has 102 valence electrons. The number of piperidine rings is 2. The van der Waals surface area contributed by atoms with Gasteiger partial charge in [0.2, 0.25) is 0 Å². The molecule has 0 atom stereocenters. The van der Waals surface area contributed by atoms with E-state index in [0.29, 0.717) is 0 Å². The van der Waals surface area contributed by atoms with Crippen molar-refractivity contribution in [2.45, 2.75) is 39.5 Å². The molecule has 18 heavy (non-hydrogen) atoms. The highest BCUT2D eigenvalue weighted by atomic mass is 15.1. The third-order valence-electron chi connectivity index (χ3n) is 4.81. The standard InChI is InChI=1S/C16H28N2/c1-4-13(2)15-7-11-18(12-8-15)14(3)16-5-9-17-10-6-16/h4,15-17H,3,5-12H2,1-2H3/b13-4+. The van der Waals surface area contributed by atoms with Gasteiger partial charge in [0.15, 0.2) is 0 Å². The summed E-state index contributed by atoms with van der Waals surface area (Å²) in [7, 11) is 0. The molecule has 0 aromatic heterocycles. The van der Waals surface area contributed by atoms with Gasteiger partial charge in [0, 0.05) is 24.7 Å². The van der Waals surface area contributed by atoms with Gasteiger partial charge in [-0.15, -0.1) is 0 Å². The van der Waals surface area contributed by atoms with Crippen LogP contribution in [0, 0.1) is 11.8 Å². The highest BCUT2D eigenvalue weighted by Gasteiger charge is 2.25. The lowest BCUT2D eigenvalue weighted by molar-refractivity contribution is 0.211. The Balaban J connectivity index is 1.83. The minimum absolute atomic E-state index is 0.727. The zero-order valence-corrected chi connectivity index (χ0v) is 12.0. The van der Waals surface area contributed by atoms with Gasteiger partial charge in [-0.05, 0) is 58.5 Å². The predicted molar refractivity (Wildman–Crippen MR) is 78.5 cm³/mol. The van der Waals surface area contributed by atoms with Crippen molar-refractivity contribution < 1.29 is 0 Å². The Hall–Kier alpha value is -0.760. The summed E-state index contributed by atoms with van der Waals surface area (Å²) in [6.45, 7) is 13.6. The summed E-state index contributed by atoms with van der Waals surface area (Å²) in [5.41, 5.74) is 2.98. The molecule has 2 aliphatic heterocycles. The summed E-state index contributed by atoms with van der Waals surface area (Å²) >= 11 is 0. The molecule has 0 aliphatic carbocycles. The van der Waals surface area contributed by atoms with E-state index in [1.54, 1.807) is 5.57 Å². The number of rotatable bonds is 3. The molecule has 0 aromatic rings. The van der Waals surface area contributed by atoms with Crippen molar-refractivity contribution >= 4 is 0 Å². The zero-order chi connectivity index (χ0) is 13.0. The molecule has 1 N–H and O–H groups in total. The van der Waals surface area contributed by atoms with Gasteiger partial charge in [-0.2, -0.15) is 0 Å². The van der Waals surface area contributed by atoms with Crippen molar-refractivity contribution in [1.82, 2.24) is 10.2 Å². The lowest BCUT2D eigenvalue weighted by Crippen LogP contribution is -2.38. The third kappa shape index (κ3) is 3.17. The van der Waals surface area contributed by atoms with E-state index in [4.69, 9.17) is 0 Å². The SMILES string of the molecule is C=C(C1CCNCC1)N1CCC(/C(C)=C/C)CC1. The van der Waals surface area contributed by atoms with E-state index in [0.717, 1.165) is 24.9 Å². The van der Waals surface area contributed by atoms with E-state index in [9.17, 15) is 0 Å². The highest BCUT2D eigenvalue weighted by molar-refractivity contribution is 5.07. The fraction of sp³-hybridized carbons (Fsp3) is 0.750. The van der Waals surface area contributed by atoms with Crippen LogP contribution in [-0.2, 0) is 0 Å². The van der Waals surface area contributed by atoms with Gasteiger partial charge in [-0.3, -0.25) is 0 Å². The maximum absolute atomic E-state index is 4.38. The van der Waals surface area contributed by atoms with Crippen molar-refractivity contribution in [2.24, 2.45) is 11.8 Å². The van der Waals surface area contributed by atoms with Crippen LogP contribution in [-0.4, -0.2) is 31.1 Å². The van der Waals surface area contributed by atoms with Crippen molar-refractivity contribution in [2.75, 3.05) is 26.2 Å². The molecule has 0 spiro atoms. The second-order valence-electron chi connectivity index (χ2n) is 5.81. The van der Waals surface area contributed by atoms with Crippen LogP contribution in [0.25, 0.3) is 0 Å². The number of nitrogens with zero attached hydrogens (tertiary/aromatic N) is 1. The average Bonchev–Trinajstić information content (AvgIpc) is 2.47. The summed E-state index contributed by atoms with van der Waals surface area (Å²) in [6.07, 6.45) is 7.43. The molecular weight excluding hydrogens is 220 g/mol. The number of likely N-dealkylation sites (tertiary alicyclic amines) is 1. The Morgan fingerprint density at radius 3 is 2.28 bits per heavy atom. The normalized spacial score (nSPS) is 24.3. The lowest BCUT2D eigenvalue weighted by Gasteiger charge is -2.39. The molecule has 2 saturated heterocycles. The second-order valence-corrected chi connectivity index (χ2v) is 5.81. The van der Waals surface area contributed by atoms with Gasteiger partial charge < -0.3 is 10.2 Å². The van der Waals surface area contributed by atoms with Crippen molar-refractivity contribution in [3.63, 3.8) is 0 Å². The predicted octanol–water partition coefficient (Wildman–Crippen LogP) is 3.18. The third-order valence-corrected chi connectivity index (χ3v) is 4.81. The van der Waals surface area contributed by atoms with Crippen molar-refractivity contribution in [1.29, 1.82) is 0 Å². The summed E-state index contributed by atoms with van der Waals surface area (Å²) in [5.74, 6) is 1.54. The fourth-order valence-corrected chi connectivity index (χ4v) is 3.27. The molecule has 2 heteroatoms. The summed E-state index contributed by atoms with van der Waals surface area (Å²) in [4.78, 5) is 2.55. The van der Waals surface area contributed by atoms with Gasteiger partial charge in [-0.25, -0.2) is 0 Å². The molecule has 0 unspecified atom stereocenters. The molecule has 2 rings (SSSR count). The zero-order valence-electron chi connectivity index (χ0n) is 12.0. The van der Waals surface area contributed by atoms with Crippen LogP contribution in [0.5, 0.6) is 0 Å². The summed E-state index contributed by atoms with van der Waals surface area (Å²) < 4.78 is 0. The number of allylic oxidation sites excluding steroid dienone is 3. The molecular formula is C16H28N2. The van der Waals surface area contributed by atoms with Crippen LogP contribution < -0.4 is 5.32 Å². The van der Waals surface area contributed by atoms with Crippen LogP contribution >= 0.6 is 0 Å². The number of nitrogens with one attached hydrogen (secondary N) is 1. The first-order valence-corrected chi connectivity index (χ1v) is 7.49. The molecule has 2 heterocycles. The first kappa shape index (κ1) is 13.7. The van der Waals surface area contributed by atoms with Gasteiger partial charge in [-0.1, -0.05) is 18.2 Å². The van der Waals surface area contributed by atoms with Gasteiger partial charge in [0.05, 0.1) is 0 Å². The fourth-order valence-electron chi connectivity index (χ4n) is 3.27. The topological polar surface area (TPSA) is 15.3 Å². The molecule has 0 amide bonds. The smallest absolute Gasteiger partial charge is 0.0180 e. The number of hydrogen-bond donors (Lipinski definition) is 1. The molecule has 2 fully saturated rings. The van der Waals surface area contributed by atoms with Gasteiger partial charge in [0.25, 0.3) is 0 Å². The van der Waals surface area contributed by atoms with Gasteiger partial charge >= 0.3 is 0 Å². The Bertz CT molecular complexity index is 305. The lowest BCUT2D eigenvalue weighted by atomic mass is 9.88. The van der Waals surface area contributed by atoms with Crippen molar-refractivity contribution in [3.05, 3.63) is 23.9 Å². The first-order chi connectivity index (χ1) is 8.72. The molecule has 2 nitrogen and oxygen atoms in total. The van der Waals surface area contributed by atoms with Crippen LogP contribution in [0.3, 0.4) is 0 Å². The van der Waals surface area contributed by atoms with E-state index in [-0.39, 0.29) is 0 Å². The largest absolute Gasteiger partial charge is 0.375 e. The van der Waals surface area contributed by atoms with E-state index in [1.807, 2.05) is 0 Å². The first-order valence-electron chi connectivity index (χ1n) is 7.49. The maximum atomic E-state index is 4.38. The highest BCUT2D eigenvalue weighted by Crippen LogP contribution is 2.30. The second kappa shape index (κ2) is 6.42. The van der Waals surface area contributed by atoms with Crippen LogP contribution in [0.2, 0.25) is 0 Å². The maximum Gasteiger partial charge on any atom is 0.0180 e. The molecule has 0 radical (unpaired) electrons. The molecule has 0 bridgehead atoms. The Morgan fingerprint density at radius 1 is 1.11 bits per heavy atom. The van der Waals surface area contributed by atoms with E-state index in [1.165, 1.54) is 44.5 Å². The van der Waals surface area contributed by atoms with Crippen LogP contribution in [0.4, 0.5) is 0 Å². The summed E-state index contributed by atoms with van der Waals surface area (Å²) in [6, 6.07) is 0. The van der Waals surface area contributed by atoms with E-state index < -0.39 is 0 Å². The monoisotopic (exact) mass is 248 g/mol. The molecule has 0 saturated carbocycles. The molecule has 0 aromatic carbocycles. The minimum Gasteiger partial charge on any atom is -0.375 e. The Kier molecular flexibility index (Phi) is 4.87. The molecule has 2 aliphatic rings. The van der Waals surface area contributed by atoms with Gasteiger partial charge in [0.1, 0.15) is 0 Å². The number of hydrogen-bond acceptors (Lipinski definition) is 2. The summed E-state index contributed by atoms with van der Waals surface area (Å²) in [5, 5.41) is 3.44. The van der Waals surface area contributed by atoms with Crippen molar-refractivity contribution in [3.8, 4) is 0 Å². The van der Waals surface area contributed by atoms with Crippen LogP contribution in [0.15, 0.2) is 23.9 Å².